The van der Waals surface area contributed by atoms with Gasteiger partial charge >= 0.3 is 5.97 Å². The van der Waals surface area contributed by atoms with Gasteiger partial charge in [0.1, 0.15) is 15.7 Å². The molecule has 0 unspecified atom stereocenters. The van der Waals surface area contributed by atoms with Gasteiger partial charge in [-0.05, 0) is 30.7 Å². The van der Waals surface area contributed by atoms with E-state index in [0.29, 0.717) is 10.6 Å². The number of nitrogens with one attached hydrogen (secondary N) is 1. The predicted octanol–water partition coefficient (Wildman–Crippen LogP) is 3.06. The van der Waals surface area contributed by atoms with Crippen molar-refractivity contribution in [1.29, 1.82) is 0 Å². The smallest absolute Gasteiger partial charge is 0.346 e. The highest BCUT2D eigenvalue weighted by Gasteiger charge is 2.15. The Morgan fingerprint density at radius 1 is 1.42 bits per heavy atom. The van der Waals surface area contributed by atoms with Crippen molar-refractivity contribution in [3.05, 3.63) is 45.6 Å². The Kier molecular flexibility index (Phi) is 3.82. The van der Waals surface area contributed by atoms with Crippen molar-refractivity contribution in [2.24, 2.45) is 0 Å². The van der Waals surface area contributed by atoms with E-state index < -0.39 is 11.9 Å². The SMILES string of the molecule is Cc1cc(NC(=O)c2cccc(Cl)n2)sc1C(=O)O. The van der Waals surface area contributed by atoms with Crippen molar-refractivity contribution in [2.45, 2.75) is 6.92 Å². The minimum Gasteiger partial charge on any atom is -0.477 e. The molecule has 0 aliphatic heterocycles. The number of hydrogen-bond donors (Lipinski definition) is 2. The van der Waals surface area contributed by atoms with E-state index in [1.807, 2.05) is 0 Å². The fourth-order valence-electron chi connectivity index (χ4n) is 1.47. The first-order chi connectivity index (χ1) is 8.97. The van der Waals surface area contributed by atoms with Crippen molar-refractivity contribution >= 4 is 39.8 Å². The number of amides is 1. The molecule has 0 atom stereocenters. The van der Waals surface area contributed by atoms with Crippen LogP contribution in [-0.4, -0.2) is 22.0 Å². The second-order valence-corrected chi connectivity index (χ2v) is 5.17. The van der Waals surface area contributed by atoms with Crippen molar-refractivity contribution < 1.29 is 14.7 Å². The molecule has 0 spiro atoms. The standard InChI is InChI=1S/C12H9ClN2O3S/c1-6-5-9(19-10(6)12(17)18)15-11(16)7-3-2-4-8(13)14-7/h2-5H,1H3,(H,15,16)(H,17,18). The minimum atomic E-state index is -1.01. The molecule has 2 aromatic rings. The maximum Gasteiger partial charge on any atom is 0.346 e. The summed E-state index contributed by atoms with van der Waals surface area (Å²) >= 11 is 6.70. The first-order valence-electron chi connectivity index (χ1n) is 5.25. The number of aromatic nitrogens is 1. The zero-order chi connectivity index (χ0) is 14.0. The number of carbonyl (C=O) groups is 2. The second kappa shape index (κ2) is 5.38. The Morgan fingerprint density at radius 3 is 2.74 bits per heavy atom. The fraction of sp³-hybridized carbons (Fsp3) is 0.0833. The van der Waals surface area contributed by atoms with E-state index in [0.717, 1.165) is 11.3 Å². The molecule has 0 aromatic carbocycles. The third kappa shape index (κ3) is 3.10. The van der Waals surface area contributed by atoms with Crippen molar-refractivity contribution in [1.82, 2.24) is 4.98 Å². The number of carbonyl (C=O) groups excluding carboxylic acids is 1. The highest BCUT2D eigenvalue weighted by atomic mass is 35.5. The molecule has 5 nitrogen and oxygen atoms in total. The van der Waals surface area contributed by atoms with Gasteiger partial charge in [-0.25, -0.2) is 9.78 Å². The molecule has 0 aliphatic carbocycles. The average molecular weight is 297 g/mol. The van der Waals surface area contributed by atoms with Gasteiger partial charge in [-0.1, -0.05) is 17.7 Å². The van der Waals surface area contributed by atoms with Crippen LogP contribution in [0.3, 0.4) is 0 Å². The van der Waals surface area contributed by atoms with Gasteiger partial charge in [0, 0.05) is 0 Å². The monoisotopic (exact) mass is 296 g/mol. The fourth-order valence-corrected chi connectivity index (χ4v) is 2.54. The van der Waals surface area contributed by atoms with Crippen LogP contribution in [0.25, 0.3) is 0 Å². The van der Waals surface area contributed by atoms with Crippen LogP contribution < -0.4 is 5.32 Å². The molecule has 98 valence electrons. The first-order valence-corrected chi connectivity index (χ1v) is 6.44. The van der Waals surface area contributed by atoms with E-state index in [1.54, 1.807) is 25.1 Å². The first kappa shape index (κ1) is 13.5. The predicted molar refractivity (Wildman–Crippen MR) is 73.2 cm³/mol. The summed E-state index contributed by atoms with van der Waals surface area (Å²) in [6.07, 6.45) is 0. The number of anilines is 1. The van der Waals surface area contributed by atoms with Gasteiger partial charge in [0.05, 0.1) is 5.00 Å². The average Bonchev–Trinajstić information content (AvgIpc) is 2.70. The zero-order valence-electron chi connectivity index (χ0n) is 9.81. The van der Waals surface area contributed by atoms with Gasteiger partial charge in [0.15, 0.2) is 0 Å². The van der Waals surface area contributed by atoms with E-state index in [4.69, 9.17) is 16.7 Å². The van der Waals surface area contributed by atoms with Crippen molar-refractivity contribution in [3.8, 4) is 0 Å². The number of aromatic carboxylic acids is 1. The molecule has 0 bridgehead atoms. The normalized spacial score (nSPS) is 10.2. The molecular weight excluding hydrogens is 288 g/mol. The maximum absolute atomic E-state index is 11.9. The summed E-state index contributed by atoms with van der Waals surface area (Å²) in [5, 5.41) is 12.2. The lowest BCUT2D eigenvalue weighted by molar-refractivity contribution is 0.0701. The van der Waals surface area contributed by atoms with Gasteiger partial charge in [0.25, 0.3) is 5.91 Å². The van der Waals surface area contributed by atoms with Crippen molar-refractivity contribution in [2.75, 3.05) is 5.32 Å². The van der Waals surface area contributed by atoms with E-state index in [9.17, 15) is 9.59 Å². The van der Waals surface area contributed by atoms with Crippen LogP contribution >= 0.6 is 22.9 Å². The topological polar surface area (TPSA) is 79.3 Å². The van der Waals surface area contributed by atoms with E-state index in [1.165, 1.54) is 6.07 Å². The van der Waals surface area contributed by atoms with Gasteiger partial charge in [-0.3, -0.25) is 4.79 Å². The molecule has 2 rings (SSSR count). The van der Waals surface area contributed by atoms with Crippen LogP contribution in [0.15, 0.2) is 24.3 Å². The molecule has 7 heteroatoms. The lowest BCUT2D eigenvalue weighted by Gasteiger charge is -2.01. The van der Waals surface area contributed by atoms with Gasteiger partial charge in [-0.2, -0.15) is 0 Å². The molecule has 19 heavy (non-hydrogen) atoms. The molecule has 0 saturated heterocycles. The molecular formula is C12H9ClN2O3S. The zero-order valence-corrected chi connectivity index (χ0v) is 11.4. The number of pyridine rings is 1. The van der Waals surface area contributed by atoms with Crippen LogP contribution in [0.4, 0.5) is 5.00 Å². The molecule has 1 amide bonds. The van der Waals surface area contributed by atoms with Crippen LogP contribution in [0.1, 0.15) is 25.7 Å². The number of rotatable bonds is 3. The maximum atomic E-state index is 11.9. The van der Waals surface area contributed by atoms with Crippen LogP contribution in [-0.2, 0) is 0 Å². The molecule has 2 heterocycles. The van der Waals surface area contributed by atoms with Crippen LogP contribution in [0.5, 0.6) is 0 Å². The largest absolute Gasteiger partial charge is 0.477 e. The molecule has 0 aliphatic rings. The lowest BCUT2D eigenvalue weighted by Crippen LogP contribution is -2.12. The molecule has 2 aromatic heterocycles. The summed E-state index contributed by atoms with van der Waals surface area (Å²) in [6.45, 7) is 1.67. The number of halogens is 1. The Hall–Kier alpha value is -1.92. The third-order valence-corrected chi connectivity index (χ3v) is 3.65. The van der Waals surface area contributed by atoms with Crippen molar-refractivity contribution in [3.63, 3.8) is 0 Å². The number of aryl methyl sites for hydroxylation is 1. The van der Waals surface area contributed by atoms with E-state index in [-0.39, 0.29) is 15.7 Å². The van der Waals surface area contributed by atoms with E-state index in [2.05, 4.69) is 10.3 Å². The quantitative estimate of drug-likeness (QED) is 0.853. The molecule has 0 radical (unpaired) electrons. The second-order valence-electron chi connectivity index (χ2n) is 3.73. The highest BCUT2D eigenvalue weighted by molar-refractivity contribution is 7.18. The Balaban J connectivity index is 2.20. The minimum absolute atomic E-state index is 0.176. The van der Waals surface area contributed by atoms with Crippen LogP contribution in [0, 0.1) is 6.92 Å². The van der Waals surface area contributed by atoms with E-state index >= 15 is 0 Å². The van der Waals surface area contributed by atoms with Crippen LogP contribution in [0.2, 0.25) is 5.15 Å². The molecule has 0 saturated carbocycles. The molecule has 0 fully saturated rings. The Labute approximate surface area is 117 Å². The third-order valence-electron chi connectivity index (χ3n) is 2.30. The summed E-state index contributed by atoms with van der Waals surface area (Å²) < 4.78 is 0. The highest BCUT2D eigenvalue weighted by Crippen LogP contribution is 2.26. The summed E-state index contributed by atoms with van der Waals surface area (Å²) in [5.74, 6) is -1.44. The van der Waals surface area contributed by atoms with Gasteiger partial charge < -0.3 is 10.4 Å². The molecule has 2 N–H and O–H groups in total. The Morgan fingerprint density at radius 2 is 2.16 bits per heavy atom. The summed E-state index contributed by atoms with van der Waals surface area (Å²) in [6, 6.07) is 6.32. The summed E-state index contributed by atoms with van der Waals surface area (Å²) in [5.41, 5.74) is 0.780. The number of nitrogens with zero attached hydrogens (tertiary/aromatic N) is 1. The number of thiophene rings is 1. The van der Waals surface area contributed by atoms with Gasteiger partial charge in [0.2, 0.25) is 0 Å². The summed E-state index contributed by atoms with van der Waals surface area (Å²) in [4.78, 5) is 26.9. The number of carboxylic acid groups (broad SMARTS) is 1. The number of carboxylic acids is 1. The number of hydrogen-bond acceptors (Lipinski definition) is 4. The summed E-state index contributed by atoms with van der Waals surface area (Å²) in [7, 11) is 0. The Bertz CT molecular complexity index is 654. The van der Waals surface area contributed by atoms with Gasteiger partial charge in [-0.15, -0.1) is 11.3 Å². The lowest BCUT2D eigenvalue weighted by atomic mass is 10.3.